The van der Waals surface area contributed by atoms with Gasteiger partial charge in [0.1, 0.15) is 5.52 Å². The maximum atomic E-state index is 12.5. The van der Waals surface area contributed by atoms with Crippen molar-refractivity contribution in [1.82, 2.24) is 20.1 Å². The van der Waals surface area contributed by atoms with Crippen molar-refractivity contribution in [1.29, 1.82) is 5.26 Å². The molecule has 4 rings (SSSR count). The van der Waals surface area contributed by atoms with Gasteiger partial charge in [-0.2, -0.15) is 5.26 Å². The molecular weight excluding hydrogens is 354 g/mol. The Balaban J connectivity index is 1.64. The summed E-state index contributed by atoms with van der Waals surface area (Å²) in [6, 6.07) is 9.30. The number of hydrogen-bond donors (Lipinski definition) is 2. The number of likely N-dealkylation sites (tertiary alicyclic amines) is 1. The molecule has 1 saturated heterocycles. The minimum absolute atomic E-state index is 0.178. The number of pyridine rings is 1. The first-order valence-electron chi connectivity index (χ1n) is 8.96. The summed E-state index contributed by atoms with van der Waals surface area (Å²) in [5.74, 6) is 0.183. The number of carbonyl (C=O) groups is 1. The lowest BCUT2D eigenvalue weighted by molar-refractivity contribution is -0.125. The molecule has 3 heterocycles. The number of nitriles is 1. The summed E-state index contributed by atoms with van der Waals surface area (Å²) >= 11 is 0. The number of anilines is 2. The van der Waals surface area contributed by atoms with Crippen molar-refractivity contribution in [2.45, 2.75) is 19.4 Å². The molecule has 1 unspecified atom stereocenters. The lowest BCUT2D eigenvalue weighted by Crippen LogP contribution is -2.54. The van der Waals surface area contributed by atoms with E-state index in [1.807, 2.05) is 30.0 Å². The zero-order valence-corrected chi connectivity index (χ0v) is 15.4. The van der Waals surface area contributed by atoms with Crippen molar-refractivity contribution in [2.24, 2.45) is 0 Å². The van der Waals surface area contributed by atoms with Crippen LogP contribution in [-0.4, -0.2) is 45.1 Å². The number of aryl methyl sites for hydroxylation is 1. The van der Waals surface area contributed by atoms with Gasteiger partial charge < -0.3 is 11.1 Å². The molecule has 1 aromatic carbocycles. The van der Waals surface area contributed by atoms with Crippen LogP contribution < -0.4 is 11.1 Å². The van der Waals surface area contributed by atoms with E-state index in [0.717, 1.165) is 35.0 Å². The minimum atomic E-state index is -0.299. The average Bonchev–Trinajstić information content (AvgIpc) is 2.65. The Hall–Kier alpha value is -3.57. The van der Waals surface area contributed by atoms with Crippen LogP contribution in [0, 0.1) is 18.3 Å². The number of fused-ring (bicyclic) bond motifs is 1. The van der Waals surface area contributed by atoms with Gasteiger partial charge in [-0.3, -0.25) is 14.7 Å². The fraction of sp³-hybridized carbons (Fsp3) is 0.250. The van der Waals surface area contributed by atoms with Crippen LogP contribution in [0.2, 0.25) is 0 Å². The van der Waals surface area contributed by atoms with Crippen molar-refractivity contribution in [3.63, 3.8) is 0 Å². The maximum Gasteiger partial charge on any atom is 0.243 e. The fourth-order valence-corrected chi connectivity index (χ4v) is 3.40. The van der Waals surface area contributed by atoms with Crippen molar-refractivity contribution < 1.29 is 4.79 Å². The molecule has 3 N–H and O–H groups in total. The Morgan fingerprint density at radius 2 is 2.25 bits per heavy atom. The van der Waals surface area contributed by atoms with Gasteiger partial charge >= 0.3 is 0 Å². The van der Waals surface area contributed by atoms with E-state index >= 15 is 0 Å². The summed E-state index contributed by atoms with van der Waals surface area (Å²) in [4.78, 5) is 18.5. The Labute approximate surface area is 162 Å². The lowest BCUT2D eigenvalue weighted by atomic mass is 10.0. The van der Waals surface area contributed by atoms with E-state index in [1.165, 1.54) is 0 Å². The zero-order chi connectivity index (χ0) is 19.7. The number of nitrogens with two attached hydrogens (primary N) is 1. The van der Waals surface area contributed by atoms with E-state index in [2.05, 4.69) is 26.6 Å². The molecule has 1 amide bonds. The molecule has 1 atom stereocenters. The number of carbonyl (C=O) groups excluding carboxylic acids is 1. The van der Waals surface area contributed by atoms with Crippen LogP contribution in [0.15, 0.2) is 36.7 Å². The molecule has 0 saturated carbocycles. The van der Waals surface area contributed by atoms with Gasteiger partial charge in [0, 0.05) is 29.9 Å². The Kier molecular flexibility index (Phi) is 4.59. The van der Waals surface area contributed by atoms with E-state index in [0.29, 0.717) is 17.0 Å². The van der Waals surface area contributed by atoms with E-state index < -0.39 is 0 Å². The topological polar surface area (TPSA) is 121 Å². The number of rotatable bonds is 4. The van der Waals surface area contributed by atoms with Crippen molar-refractivity contribution >= 4 is 28.3 Å². The second-order valence-electron chi connectivity index (χ2n) is 6.85. The number of nitrogens with one attached hydrogen (secondary N) is 1. The highest BCUT2D eigenvalue weighted by Crippen LogP contribution is 2.30. The van der Waals surface area contributed by atoms with Crippen LogP contribution in [0.4, 0.5) is 11.5 Å². The van der Waals surface area contributed by atoms with Gasteiger partial charge in [0.15, 0.2) is 5.82 Å². The molecule has 3 aromatic rings. The summed E-state index contributed by atoms with van der Waals surface area (Å²) in [6.45, 7) is 3.00. The smallest absolute Gasteiger partial charge is 0.243 e. The van der Waals surface area contributed by atoms with Gasteiger partial charge in [0.25, 0.3) is 0 Å². The van der Waals surface area contributed by atoms with E-state index in [1.54, 1.807) is 18.5 Å². The molecule has 0 bridgehead atoms. The highest BCUT2D eigenvalue weighted by Gasteiger charge is 2.33. The van der Waals surface area contributed by atoms with Crippen LogP contribution in [0.25, 0.3) is 22.0 Å². The van der Waals surface area contributed by atoms with Crippen molar-refractivity contribution in [3.05, 3.63) is 42.2 Å². The SMILES string of the molecule is Cc1ccncc1-c1cc(N)c2nnc(NC(=O)C3CCN3CC#N)cc2c1. The first kappa shape index (κ1) is 17.8. The molecule has 140 valence electrons. The minimum Gasteiger partial charge on any atom is -0.397 e. The fourth-order valence-electron chi connectivity index (χ4n) is 3.40. The number of hydrogen-bond acceptors (Lipinski definition) is 7. The number of amides is 1. The molecule has 0 radical (unpaired) electrons. The normalized spacial score (nSPS) is 16.4. The molecule has 28 heavy (non-hydrogen) atoms. The first-order chi connectivity index (χ1) is 13.6. The third-order valence-corrected chi connectivity index (χ3v) is 5.03. The molecule has 0 spiro atoms. The van der Waals surface area contributed by atoms with Gasteiger partial charge in [-0.05, 0) is 48.7 Å². The van der Waals surface area contributed by atoms with Crippen LogP contribution in [0.3, 0.4) is 0 Å². The molecule has 0 aliphatic carbocycles. The van der Waals surface area contributed by atoms with Crippen LogP contribution >= 0.6 is 0 Å². The maximum absolute atomic E-state index is 12.5. The third-order valence-electron chi connectivity index (χ3n) is 5.03. The highest BCUT2D eigenvalue weighted by molar-refractivity contribution is 5.98. The molecule has 1 aliphatic rings. The molecule has 8 heteroatoms. The van der Waals surface area contributed by atoms with Gasteiger partial charge in [-0.15, -0.1) is 10.2 Å². The Morgan fingerprint density at radius 3 is 2.96 bits per heavy atom. The van der Waals surface area contributed by atoms with Gasteiger partial charge in [0.05, 0.1) is 24.3 Å². The summed E-state index contributed by atoms with van der Waals surface area (Å²) in [5.41, 5.74) is 10.3. The first-order valence-corrected chi connectivity index (χ1v) is 8.96. The Morgan fingerprint density at radius 1 is 1.39 bits per heavy atom. The number of aromatic nitrogens is 3. The lowest BCUT2D eigenvalue weighted by Gasteiger charge is -2.37. The summed E-state index contributed by atoms with van der Waals surface area (Å²) in [5, 5.41) is 20.7. The van der Waals surface area contributed by atoms with E-state index in [-0.39, 0.29) is 18.5 Å². The average molecular weight is 373 g/mol. The van der Waals surface area contributed by atoms with Crippen molar-refractivity contribution in [2.75, 3.05) is 24.1 Å². The number of nitrogen functional groups attached to an aromatic ring is 1. The molecular formula is C20H19N7O. The van der Waals surface area contributed by atoms with Gasteiger partial charge in [0.2, 0.25) is 5.91 Å². The van der Waals surface area contributed by atoms with Gasteiger partial charge in [-0.1, -0.05) is 0 Å². The van der Waals surface area contributed by atoms with Gasteiger partial charge in [-0.25, -0.2) is 0 Å². The summed E-state index contributed by atoms with van der Waals surface area (Å²) in [6.07, 6.45) is 4.28. The summed E-state index contributed by atoms with van der Waals surface area (Å²) in [7, 11) is 0. The molecule has 1 aliphatic heterocycles. The largest absolute Gasteiger partial charge is 0.397 e. The van der Waals surface area contributed by atoms with E-state index in [4.69, 9.17) is 11.0 Å². The molecule has 1 fully saturated rings. The quantitative estimate of drug-likeness (QED) is 0.531. The number of benzene rings is 1. The third kappa shape index (κ3) is 3.23. The monoisotopic (exact) mass is 373 g/mol. The standard InChI is InChI=1S/C20H19N7O/c1-12-2-5-23-11-15(12)13-8-14-10-18(25-26-19(14)16(22)9-13)24-20(28)17-3-6-27(17)7-4-21/h2,5,8-11,17H,3,6-7,22H2,1H3,(H,24,25,28). The predicted molar refractivity (Wildman–Crippen MR) is 106 cm³/mol. The second kappa shape index (κ2) is 7.21. The van der Waals surface area contributed by atoms with Crippen LogP contribution in [0.1, 0.15) is 12.0 Å². The van der Waals surface area contributed by atoms with E-state index in [9.17, 15) is 4.79 Å². The Bertz CT molecular complexity index is 1110. The van der Waals surface area contributed by atoms with Crippen LogP contribution in [0.5, 0.6) is 0 Å². The predicted octanol–water partition coefficient (Wildman–Crippen LogP) is 2.12. The van der Waals surface area contributed by atoms with Crippen molar-refractivity contribution in [3.8, 4) is 17.2 Å². The second-order valence-corrected chi connectivity index (χ2v) is 6.85. The number of nitrogens with zero attached hydrogens (tertiary/aromatic N) is 5. The zero-order valence-electron chi connectivity index (χ0n) is 15.4. The summed E-state index contributed by atoms with van der Waals surface area (Å²) < 4.78 is 0. The molecule has 2 aromatic heterocycles. The highest BCUT2D eigenvalue weighted by atomic mass is 16.2. The van der Waals surface area contributed by atoms with Crippen LogP contribution in [-0.2, 0) is 4.79 Å². The molecule has 8 nitrogen and oxygen atoms in total.